The van der Waals surface area contributed by atoms with Gasteiger partial charge in [0.1, 0.15) is 23.5 Å². The van der Waals surface area contributed by atoms with Crippen LogP contribution in [0.15, 0.2) is 53.7 Å². The molecule has 0 radical (unpaired) electrons. The van der Waals surface area contributed by atoms with E-state index < -0.39 is 70.7 Å². The number of hydrogen-bond acceptors (Lipinski definition) is 4. The Bertz CT molecular complexity index is 1990. The number of carbonyl (C=O) groups is 2. The molecule has 2 aromatic heterocycles. The SMILES string of the molecule is C#Cc1cc(F)c(C(CC(=O)O)NC(=O)C(CC(C)C)n2cc(CCn3cccn3)c(C(F)(F)F)cc2=O)c(F)c1-c1c(C)cc(F)cc1C. The van der Waals surface area contributed by atoms with Crippen LogP contribution in [0.5, 0.6) is 0 Å². The first-order chi connectivity index (χ1) is 23.4. The Kier molecular flexibility index (Phi) is 11.3. The lowest BCUT2D eigenvalue weighted by Gasteiger charge is -2.27. The molecular formula is C36H34F6N4O4. The molecule has 0 aliphatic heterocycles. The van der Waals surface area contributed by atoms with E-state index in [2.05, 4.69) is 16.3 Å². The van der Waals surface area contributed by atoms with Gasteiger partial charge in [-0.3, -0.25) is 19.1 Å². The van der Waals surface area contributed by atoms with Gasteiger partial charge in [0, 0.05) is 47.9 Å². The molecule has 2 aromatic carbocycles. The number of pyridine rings is 1. The van der Waals surface area contributed by atoms with Gasteiger partial charge in [0.15, 0.2) is 0 Å². The highest BCUT2D eigenvalue weighted by Crippen LogP contribution is 2.38. The Morgan fingerprint density at radius 2 is 1.72 bits per heavy atom. The van der Waals surface area contributed by atoms with Gasteiger partial charge in [0.25, 0.3) is 5.56 Å². The second-order valence-electron chi connectivity index (χ2n) is 12.3. The largest absolute Gasteiger partial charge is 0.481 e. The summed E-state index contributed by atoms with van der Waals surface area (Å²) in [6, 6.07) is 1.61. The van der Waals surface area contributed by atoms with Crippen molar-refractivity contribution in [2.24, 2.45) is 5.92 Å². The van der Waals surface area contributed by atoms with Crippen LogP contribution >= 0.6 is 0 Å². The van der Waals surface area contributed by atoms with Gasteiger partial charge >= 0.3 is 12.1 Å². The fourth-order valence-corrected chi connectivity index (χ4v) is 6.04. The van der Waals surface area contributed by atoms with Crippen LogP contribution < -0.4 is 10.9 Å². The number of carboxylic acids is 1. The van der Waals surface area contributed by atoms with Crippen molar-refractivity contribution in [1.82, 2.24) is 19.7 Å². The first-order valence-electron chi connectivity index (χ1n) is 15.5. The number of rotatable bonds is 12. The predicted octanol–water partition coefficient (Wildman–Crippen LogP) is 6.91. The number of halogens is 6. The number of amides is 1. The lowest BCUT2D eigenvalue weighted by molar-refractivity contribution is -0.139. The quantitative estimate of drug-likeness (QED) is 0.124. The predicted molar refractivity (Wildman–Crippen MR) is 172 cm³/mol. The number of aromatic nitrogens is 3. The molecule has 0 saturated carbocycles. The molecule has 8 nitrogen and oxygen atoms in total. The van der Waals surface area contributed by atoms with E-state index in [0.717, 1.165) is 29.0 Å². The van der Waals surface area contributed by atoms with Crippen LogP contribution in [0.25, 0.3) is 11.1 Å². The number of carboxylic acid groups (broad SMARTS) is 1. The summed E-state index contributed by atoms with van der Waals surface area (Å²) in [5.74, 6) is -3.95. The van der Waals surface area contributed by atoms with Crippen molar-refractivity contribution in [1.29, 1.82) is 0 Å². The third kappa shape index (κ3) is 8.27. The smallest absolute Gasteiger partial charge is 0.416 e. The van der Waals surface area contributed by atoms with Gasteiger partial charge in [-0.25, -0.2) is 13.2 Å². The van der Waals surface area contributed by atoms with E-state index >= 15 is 8.78 Å². The van der Waals surface area contributed by atoms with E-state index in [1.165, 1.54) is 24.7 Å². The Morgan fingerprint density at radius 3 is 2.26 bits per heavy atom. The van der Waals surface area contributed by atoms with E-state index in [-0.39, 0.29) is 58.7 Å². The summed E-state index contributed by atoms with van der Waals surface area (Å²) >= 11 is 0. The molecule has 1 amide bonds. The maximum atomic E-state index is 16.5. The van der Waals surface area contributed by atoms with E-state index in [1.807, 2.05) is 0 Å². The van der Waals surface area contributed by atoms with Crippen molar-refractivity contribution in [3.05, 3.63) is 110 Å². The minimum absolute atomic E-state index is 0.0115. The molecule has 2 N–H and O–H groups in total. The highest BCUT2D eigenvalue weighted by atomic mass is 19.4. The second kappa shape index (κ2) is 15.1. The van der Waals surface area contributed by atoms with Crippen molar-refractivity contribution in [3.8, 4) is 23.5 Å². The third-order valence-corrected chi connectivity index (χ3v) is 8.17. The molecule has 2 heterocycles. The number of alkyl halides is 3. The van der Waals surface area contributed by atoms with Gasteiger partial charge in [0.05, 0.1) is 18.0 Å². The zero-order valence-corrected chi connectivity index (χ0v) is 27.5. The lowest BCUT2D eigenvalue weighted by Crippen LogP contribution is -2.41. The molecule has 0 bridgehead atoms. The van der Waals surface area contributed by atoms with E-state index in [9.17, 15) is 37.1 Å². The van der Waals surface area contributed by atoms with Crippen molar-refractivity contribution in [2.45, 2.75) is 71.8 Å². The number of aliphatic carboxylic acids is 1. The van der Waals surface area contributed by atoms with Gasteiger partial charge in [-0.2, -0.15) is 18.3 Å². The van der Waals surface area contributed by atoms with Crippen molar-refractivity contribution in [3.63, 3.8) is 0 Å². The molecule has 4 aromatic rings. The van der Waals surface area contributed by atoms with Gasteiger partial charge in [-0.05, 0) is 79.1 Å². The Labute approximate surface area is 283 Å². The summed E-state index contributed by atoms with van der Waals surface area (Å²) in [7, 11) is 0. The molecular weight excluding hydrogens is 666 g/mol. The zero-order valence-electron chi connectivity index (χ0n) is 27.5. The van der Waals surface area contributed by atoms with Crippen molar-refractivity contribution in [2.75, 3.05) is 0 Å². The summed E-state index contributed by atoms with van der Waals surface area (Å²) < 4.78 is 90.7. The number of terminal acetylenes is 1. The maximum Gasteiger partial charge on any atom is 0.416 e. The lowest BCUT2D eigenvalue weighted by atomic mass is 9.88. The Hall–Kier alpha value is -5.32. The molecule has 4 rings (SSSR count). The number of hydrogen-bond donors (Lipinski definition) is 2. The number of nitrogens with zero attached hydrogens (tertiary/aromatic N) is 3. The standard InChI is InChI=1S/C36H34F6N4O4/c1-6-22-15-26(38)33(34(39)32(22)31-20(4)13-24(37)14-21(31)5)27(17-30(48)49)44-35(50)28(12-19(2)3)46-18-23(8-11-45-10-7-9-43-45)25(16-29(46)47)36(40,41)42/h1,7,9-10,13-16,18-19,27-28H,8,11-12,17H2,2-5H3,(H,44,50)(H,48,49). The fourth-order valence-electron chi connectivity index (χ4n) is 6.04. The molecule has 0 fully saturated rings. The average Bonchev–Trinajstić information content (AvgIpc) is 3.52. The fraction of sp³-hybridized carbons (Fsp3) is 0.333. The topological polar surface area (TPSA) is 106 Å². The van der Waals surface area contributed by atoms with Crippen LogP contribution in [-0.4, -0.2) is 31.3 Å². The summed E-state index contributed by atoms with van der Waals surface area (Å²) in [5, 5.41) is 16.1. The molecule has 264 valence electrons. The highest BCUT2D eigenvalue weighted by molar-refractivity contribution is 5.82. The monoisotopic (exact) mass is 700 g/mol. The number of carbonyl (C=O) groups excluding carboxylic acids is 1. The molecule has 0 aliphatic rings. The Balaban J connectivity index is 1.85. The highest BCUT2D eigenvalue weighted by Gasteiger charge is 2.36. The second-order valence-corrected chi connectivity index (χ2v) is 12.3. The molecule has 0 aliphatic carbocycles. The summed E-state index contributed by atoms with van der Waals surface area (Å²) in [6.45, 7) is 6.33. The van der Waals surface area contributed by atoms with E-state index in [1.54, 1.807) is 26.1 Å². The average molecular weight is 701 g/mol. The van der Waals surface area contributed by atoms with Crippen LogP contribution in [0.3, 0.4) is 0 Å². The van der Waals surface area contributed by atoms with Crippen LogP contribution in [0.4, 0.5) is 26.3 Å². The molecule has 2 atom stereocenters. The molecule has 2 unspecified atom stereocenters. The van der Waals surface area contributed by atoms with E-state index in [4.69, 9.17) is 6.42 Å². The number of benzene rings is 2. The summed E-state index contributed by atoms with van der Waals surface area (Å²) in [6.07, 6.45) is 3.22. The van der Waals surface area contributed by atoms with Gasteiger partial charge in [-0.15, -0.1) is 6.42 Å². The summed E-state index contributed by atoms with van der Waals surface area (Å²) in [5.41, 5.74) is -3.48. The third-order valence-electron chi connectivity index (χ3n) is 8.17. The number of aryl methyl sites for hydroxylation is 4. The van der Waals surface area contributed by atoms with Gasteiger partial charge in [0.2, 0.25) is 5.91 Å². The van der Waals surface area contributed by atoms with Crippen LogP contribution in [-0.2, 0) is 28.7 Å². The molecule has 14 heteroatoms. The minimum atomic E-state index is -4.90. The van der Waals surface area contributed by atoms with Crippen LogP contribution in [0.1, 0.15) is 72.2 Å². The molecule has 0 spiro atoms. The summed E-state index contributed by atoms with van der Waals surface area (Å²) in [4.78, 5) is 39.2. The first-order valence-corrected chi connectivity index (χ1v) is 15.5. The minimum Gasteiger partial charge on any atom is -0.481 e. The maximum absolute atomic E-state index is 16.5. The van der Waals surface area contributed by atoms with Crippen LogP contribution in [0, 0.1) is 49.6 Å². The number of nitrogens with one attached hydrogen (secondary N) is 1. The van der Waals surface area contributed by atoms with Gasteiger partial charge < -0.3 is 15.0 Å². The molecule has 50 heavy (non-hydrogen) atoms. The van der Waals surface area contributed by atoms with Crippen molar-refractivity contribution >= 4 is 11.9 Å². The zero-order chi connectivity index (χ0) is 37.1. The normalized spacial score (nSPS) is 12.8. The first kappa shape index (κ1) is 37.5. The van der Waals surface area contributed by atoms with Crippen molar-refractivity contribution < 1.29 is 41.0 Å². The van der Waals surface area contributed by atoms with E-state index in [0.29, 0.717) is 6.07 Å². The van der Waals surface area contributed by atoms with Crippen LogP contribution in [0.2, 0.25) is 0 Å². The van der Waals surface area contributed by atoms with Gasteiger partial charge in [-0.1, -0.05) is 19.8 Å². The Morgan fingerprint density at radius 1 is 1.06 bits per heavy atom. The molecule has 0 saturated heterocycles.